The number of nitrogens with one attached hydrogen (secondary N) is 1. The van der Waals surface area contributed by atoms with E-state index in [4.69, 9.17) is 9.97 Å². The summed E-state index contributed by atoms with van der Waals surface area (Å²) in [5.41, 5.74) is 5.28. The highest BCUT2D eigenvalue weighted by Gasteiger charge is 2.22. The summed E-state index contributed by atoms with van der Waals surface area (Å²) < 4.78 is 1.90. The highest BCUT2D eigenvalue weighted by molar-refractivity contribution is 5.90. The largest absolute Gasteiger partial charge is 0.340 e. The molecule has 2 aromatic heterocycles. The molecule has 0 amide bonds. The van der Waals surface area contributed by atoms with Gasteiger partial charge in [-0.2, -0.15) is 15.1 Å². The number of hydrogen-bond acceptors (Lipinski definition) is 5. The lowest BCUT2D eigenvalue weighted by Crippen LogP contribution is -2.35. The molecular formula is C25H28N6. The van der Waals surface area contributed by atoms with Crippen molar-refractivity contribution < 1.29 is 0 Å². The monoisotopic (exact) mass is 412 g/mol. The van der Waals surface area contributed by atoms with Crippen LogP contribution in [0.4, 0.5) is 17.5 Å². The Labute approximate surface area is 182 Å². The fourth-order valence-electron chi connectivity index (χ4n) is 4.45. The maximum absolute atomic E-state index is 4.98. The molecule has 31 heavy (non-hydrogen) atoms. The molecule has 0 saturated carbocycles. The van der Waals surface area contributed by atoms with Crippen LogP contribution in [0.15, 0.2) is 54.7 Å². The third-order valence-corrected chi connectivity index (χ3v) is 5.84. The molecule has 0 aliphatic carbocycles. The number of rotatable bonds is 4. The summed E-state index contributed by atoms with van der Waals surface area (Å²) in [7, 11) is 0. The van der Waals surface area contributed by atoms with E-state index in [2.05, 4.69) is 54.3 Å². The third kappa shape index (κ3) is 3.98. The van der Waals surface area contributed by atoms with E-state index >= 15 is 0 Å². The second-order valence-electron chi connectivity index (χ2n) is 8.70. The summed E-state index contributed by atoms with van der Waals surface area (Å²) in [6.07, 6.45) is 4.28. The van der Waals surface area contributed by atoms with Gasteiger partial charge in [-0.3, -0.25) is 0 Å². The normalized spacial score (nSPS) is 16.6. The number of benzene rings is 2. The molecule has 0 bridgehead atoms. The van der Waals surface area contributed by atoms with Crippen LogP contribution in [0.1, 0.15) is 30.9 Å². The second kappa shape index (κ2) is 8.02. The Bertz CT molecular complexity index is 1190. The molecule has 1 fully saturated rings. The Hall–Kier alpha value is -3.41. The van der Waals surface area contributed by atoms with Crippen molar-refractivity contribution in [1.29, 1.82) is 0 Å². The van der Waals surface area contributed by atoms with Gasteiger partial charge in [-0.05, 0) is 68.0 Å². The van der Waals surface area contributed by atoms with E-state index in [0.29, 0.717) is 5.92 Å². The number of anilines is 3. The average molecular weight is 413 g/mol. The number of fused-ring (bicyclic) bond motifs is 1. The van der Waals surface area contributed by atoms with E-state index in [0.717, 1.165) is 47.3 Å². The standard InChI is InChI=1S/C25H28N6/c1-17-8-7-11-30(16-17)25-28-23(27-20-13-18(2)12-19(3)14-20)22-15-26-31(24(22)29-25)21-9-5-4-6-10-21/h4-6,9-10,12-15,17H,7-8,11,16H2,1-3H3,(H,27,28,29). The lowest BCUT2D eigenvalue weighted by molar-refractivity contribution is 0.442. The van der Waals surface area contributed by atoms with E-state index in [1.807, 2.05) is 41.2 Å². The molecule has 1 unspecified atom stereocenters. The summed E-state index contributed by atoms with van der Waals surface area (Å²) in [5.74, 6) is 2.21. The molecule has 6 heteroatoms. The molecule has 3 heterocycles. The molecule has 0 spiro atoms. The first-order valence-electron chi connectivity index (χ1n) is 11.0. The van der Waals surface area contributed by atoms with E-state index in [1.54, 1.807) is 0 Å². The van der Waals surface area contributed by atoms with Crippen molar-refractivity contribution in [2.45, 2.75) is 33.6 Å². The molecule has 1 N–H and O–H groups in total. The van der Waals surface area contributed by atoms with Crippen LogP contribution in [0.3, 0.4) is 0 Å². The fourth-order valence-corrected chi connectivity index (χ4v) is 4.45. The average Bonchev–Trinajstić information content (AvgIpc) is 3.18. The molecule has 2 aromatic carbocycles. The van der Waals surface area contributed by atoms with Crippen molar-refractivity contribution in [1.82, 2.24) is 19.7 Å². The van der Waals surface area contributed by atoms with Crippen molar-refractivity contribution >= 4 is 28.5 Å². The van der Waals surface area contributed by atoms with Gasteiger partial charge in [0.15, 0.2) is 5.65 Å². The summed E-state index contributed by atoms with van der Waals surface area (Å²) in [6, 6.07) is 16.6. The molecule has 0 radical (unpaired) electrons. The minimum absolute atomic E-state index is 0.642. The quantitative estimate of drug-likeness (QED) is 0.485. The van der Waals surface area contributed by atoms with Gasteiger partial charge in [0.25, 0.3) is 0 Å². The Balaban J connectivity index is 1.64. The summed E-state index contributed by atoms with van der Waals surface area (Å²) in [5, 5.41) is 9.13. The topological polar surface area (TPSA) is 58.9 Å². The number of hydrogen-bond donors (Lipinski definition) is 1. The van der Waals surface area contributed by atoms with Gasteiger partial charge in [0.1, 0.15) is 5.82 Å². The Morgan fingerprint density at radius 3 is 2.52 bits per heavy atom. The fraction of sp³-hybridized carbons (Fsp3) is 0.320. The number of piperidine rings is 1. The first-order chi connectivity index (χ1) is 15.1. The molecule has 1 aliphatic rings. The molecule has 1 aliphatic heterocycles. The highest BCUT2D eigenvalue weighted by atomic mass is 15.3. The van der Waals surface area contributed by atoms with Crippen molar-refractivity contribution in [3.8, 4) is 5.69 Å². The van der Waals surface area contributed by atoms with Crippen molar-refractivity contribution in [3.05, 3.63) is 65.9 Å². The summed E-state index contributed by atoms with van der Waals surface area (Å²) in [4.78, 5) is 12.3. The van der Waals surface area contributed by atoms with Gasteiger partial charge in [-0.15, -0.1) is 0 Å². The molecular weight excluding hydrogens is 384 g/mol. The minimum Gasteiger partial charge on any atom is -0.340 e. The zero-order valence-corrected chi connectivity index (χ0v) is 18.3. The van der Waals surface area contributed by atoms with Gasteiger partial charge in [0, 0.05) is 18.8 Å². The van der Waals surface area contributed by atoms with Crippen LogP contribution in [0.5, 0.6) is 0 Å². The molecule has 1 saturated heterocycles. The number of aryl methyl sites for hydroxylation is 2. The first-order valence-corrected chi connectivity index (χ1v) is 11.0. The predicted molar refractivity (Wildman–Crippen MR) is 126 cm³/mol. The number of aromatic nitrogens is 4. The van der Waals surface area contributed by atoms with E-state index in [-0.39, 0.29) is 0 Å². The van der Waals surface area contributed by atoms with Gasteiger partial charge in [0.2, 0.25) is 5.95 Å². The van der Waals surface area contributed by atoms with Gasteiger partial charge in [-0.25, -0.2) is 4.68 Å². The molecule has 4 aromatic rings. The van der Waals surface area contributed by atoms with Gasteiger partial charge >= 0.3 is 0 Å². The molecule has 5 rings (SSSR count). The Kier molecular flexibility index (Phi) is 5.06. The van der Waals surface area contributed by atoms with Crippen LogP contribution < -0.4 is 10.2 Å². The van der Waals surface area contributed by atoms with E-state index in [9.17, 15) is 0 Å². The molecule has 1 atom stereocenters. The summed E-state index contributed by atoms with van der Waals surface area (Å²) >= 11 is 0. The van der Waals surface area contributed by atoms with Crippen molar-refractivity contribution in [2.24, 2.45) is 5.92 Å². The Morgan fingerprint density at radius 1 is 1.00 bits per heavy atom. The second-order valence-corrected chi connectivity index (χ2v) is 8.70. The highest BCUT2D eigenvalue weighted by Crippen LogP contribution is 2.30. The van der Waals surface area contributed by atoms with Crippen LogP contribution in [-0.2, 0) is 0 Å². The number of nitrogens with zero attached hydrogens (tertiary/aromatic N) is 5. The zero-order chi connectivity index (χ0) is 21.4. The van der Waals surface area contributed by atoms with E-state index < -0.39 is 0 Å². The number of para-hydroxylation sites is 1. The van der Waals surface area contributed by atoms with Crippen molar-refractivity contribution in [3.63, 3.8) is 0 Å². The van der Waals surface area contributed by atoms with Crippen LogP contribution in [0, 0.1) is 19.8 Å². The van der Waals surface area contributed by atoms with Gasteiger partial charge in [-0.1, -0.05) is 31.2 Å². The van der Waals surface area contributed by atoms with Gasteiger partial charge < -0.3 is 10.2 Å². The maximum Gasteiger partial charge on any atom is 0.229 e. The van der Waals surface area contributed by atoms with E-state index in [1.165, 1.54) is 24.0 Å². The SMILES string of the molecule is Cc1cc(C)cc(Nc2nc(N3CCCC(C)C3)nc3c2cnn3-c2ccccc2)c1. The van der Waals surface area contributed by atoms with Crippen LogP contribution in [0.2, 0.25) is 0 Å². The first kappa shape index (κ1) is 19.5. The lowest BCUT2D eigenvalue weighted by atomic mass is 10.0. The molecule has 6 nitrogen and oxygen atoms in total. The Morgan fingerprint density at radius 2 is 1.77 bits per heavy atom. The minimum atomic E-state index is 0.642. The lowest BCUT2D eigenvalue weighted by Gasteiger charge is -2.31. The van der Waals surface area contributed by atoms with Crippen molar-refractivity contribution in [2.75, 3.05) is 23.3 Å². The van der Waals surface area contributed by atoms with Crippen LogP contribution >= 0.6 is 0 Å². The maximum atomic E-state index is 4.98. The summed E-state index contributed by atoms with van der Waals surface area (Å²) in [6.45, 7) is 8.49. The molecule has 158 valence electrons. The van der Waals surface area contributed by atoms with Gasteiger partial charge in [0.05, 0.1) is 17.3 Å². The predicted octanol–water partition coefficient (Wildman–Crippen LogP) is 5.41. The van der Waals surface area contributed by atoms with Crippen LogP contribution in [-0.4, -0.2) is 32.8 Å². The smallest absolute Gasteiger partial charge is 0.229 e. The van der Waals surface area contributed by atoms with Crippen LogP contribution in [0.25, 0.3) is 16.7 Å². The zero-order valence-electron chi connectivity index (χ0n) is 18.3. The third-order valence-electron chi connectivity index (χ3n) is 5.84.